The molecular weight excluding hydrogens is 356 g/mol. The van der Waals surface area contributed by atoms with E-state index in [2.05, 4.69) is 22.0 Å². The van der Waals surface area contributed by atoms with E-state index >= 15 is 0 Å². The lowest BCUT2D eigenvalue weighted by Crippen LogP contribution is -2.31. The maximum absolute atomic E-state index is 12.6. The summed E-state index contributed by atoms with van der Waals surface area (Å²) in [7, 11) is 0. The molecule has 0 aliphatic carbocycles. The van der Waals surface area contributed by atoms with Crippen LogP contribution in [0.4, 0.5) is 0 Å². The van der Waals surface area contributed by atoms with E-state index < -0.39 is 0 Å². The van der Waals surface area contributed by atoms with Gasteiger partial charge in [-0.1, -0.05) is 11.6 Å². The molecule has 0 radical (unpaired) electrons. The van der Waals surface area contributed by atoms with Crippen LogP contribution >= 0.6 is 27.5 Å². The molecule has 0 spiro atoms. The molecule has 2 aromatic rings. The minimum atomic E-state index is -0.176. The first-order valence-corrected chi connectivity index (χ1v) is 7.42. The number of carbonyl (C=O) groups is 1. The summed E-state index contributed by atoms with van der Waals surface area (Å²) in [5.74, 6) is 0.497. The van der Waals surface area contributed by atoms with Crippen LogP contribution in [0.3, 0.4) is 0 Å². The molecule has 0 fully saturated rings. The lowest BCUT2D eigenvalue weighted by molar-refractivity contribution is 0.0734. The molecule has 0 aliphatic heterocycles. The van der Waals surface area contributed by atoms with Crippen molar-refractivity contribution in [3.8, 4) is 6.07 Å². The van der Waals surface area contributed by atoms with Gasteiger partial charge in [0.2, 0.25) is 0 Å². The van der Waals surface area contributed by atoms with E-state index in [9.17, 15) is 4.79 Å². The van der Waals surface area contributed by atoms with Gasteiger partial charge in [-0.3, -0.25) is 4.79 Å². The van der Waals surface area contributed by atoms with Crippen LogP contribution in [0.5, 0.6) is 0 Å². The third kappa shape index (κ3) is 4.10. The zero-order valence-electron chi connectivity index (χ0n) is 11.1. The van der Waals surface area contributed by atoms with Crippen molar-refractivity contribution in [1.82, 2.24) is 4.90 Å². The molecule has 0 N–H and O–H groups in total. The van der Waals surface area contributed by atoms with Crippen LogP contribution in [0.25, 0.3) is 0 Å². The highest BCUT2D eigenvalue weighted by molar-refractivity contribution is 9.10. The van der Waals surface area contributed by atoms with E-state index in [1.165, 1.54) is 0 Å². The molecule has 1 aromatic heterocycles. The molecule has 2 rings (SSSR count). The molecule has 0 saturated heterocycles. The highest BCUT2D eigenvalue weighted by Crippen LogP contribution is 2.23. The number of rotatable bonds is 5. The second kappa shape index (κ2) is 7.30. The highest BCUT2D eigenvalue weighted by atomic mass is 79.9. The number of furan rings is 1. The first-order chi connectivity index (χ1) is 10.1. The lowest BCUT2D eigenvalue weighted by Gasteiger charge is -2.21. The number of hydrogen-bond donors (Lipinski definition) is 0. The van der Waals surface area contributed by atoms with Crippen LogP contribution < -0.4 is 0 Å². The molecule has 0 saturated carbocycles. The van der Waals surface area contributed by atoms with E-state index in [0.717, 1.165) is 0 Å². The topological polar surface area (TPSA) is 57.2 Å². The molecule has 108 valence electrons. The molecule has 1 aromatic carbocycles. The Balaban J connectivity index is 2.22. The van der Waals surface area contributed by atoms with Gasteiger partial charge in [0.25, 0.3) is 5.91 Å². The van der Waals surface area contributed by atoms with Gasteiger partial charge < -0.3 is 9.32 Å². The van der Waals surface area contributed by atoms with Crippen LogP contribution in [-0.2, 0) is 6.54 Å². The van der Waals surface area contributed by atoms with E-state index in [1.807, 2.05) is 0 Å². The largest absolute Gasteiger partial charge is 0.467 e. The van der Waals surface area contributed by atoms with Gasteiger partial charge in [-0.15, -0.1) is 0 Å². The monoisotopic (exact) mass is 366 g/mol. The fourth-order valence-corrected chi connectivity index (χ4v) is 2.71. The van der Waals surface area contributed by atoms with Crippen molar-refractivity contribution in [3.05, 3.63) is 57.4 Å². The summed E-state index contributed by atoms with van der Waals surface area (Å²) in [6.45, 7) is 0.660. The summed E-state index contributed by atoms with van der Waals surface area (Å²) < 4.78 is 5.90. The Morgan fingerprint density at radius 3 is 2.86 bits per heavy atom. The summed E-state index contributed by atoms with van der Waals surface area (Å²) in [5, 5.41) is 9.30. The van der Waals surface area contributed by atoms with Gasteiger partial charge in [0.1, 0.15) is 5.76 Å². The molecule has 0 atom stereocenters. The van der Waals surface area contributed by atoms with E-state index in [4.69, 9.17) is 21.3 Å². The Kier molecular flexibility index (Phi) is 5.43. The number of halogens is 2. The van der Waals surface area contributed by atoms with Gasteiger partial charge in [0, 0.05) is 16.0 Å². The third-order valence-corrected chi connectivity index (χ3v) is 3.76. The molecule has 1 heterocycles. The summed E-state index contributed by atoms with van der Waals surface area (Å²) in [4.78, 5) is 14.2. The highest BCUT2D eigenvalue weighted by Gasteiger charge is 2.19. The molecule has 0 unspecified atom stereocenters. The molecular formula is C15H12BrClN2O2. The van der Waals surface area contributed by atoms with Crippen molar-refractivity contribution in [2.45, 2.75) is 13.0 Å². The van der Waals surface area contributed by atoms with Crippen molar-refractivity contribution in [2.24, 2.45) is 0 Å². The fraction of sp³-hybridized carbons (Fsp3) is 0.200. The Labute approximate surface area is 136 Å². The average molecular weight is 368 g/mol. The van der Waals surface area contributed by atoms with Crippen molar-refractivity contribution in [2.75, 3.05) is 6.54 Å². The Bertz CT molecular complexity index is 665. The number of benzene rings is 1. The molecule has 21 heavy (non-hydrogen) atoms. The molecule has 6 heteroatoms. The molecule has 0 bridgehead atoms. The minimum Gasteiger partial charge on any atom is -0.467 e. The van der Waals surface area contributed by atoms with Crippen LogP contribution in [0, 0.1) is 11.3 Å². The normalized spacial score (nSPS) is 10.1. The lowest BCUT2D eigenvalue weighted by atomic mass is 10.2. The zero-order valence-corrected chi connectivity index (χ0v) is 13.4. The van der Waals surface area contributed by atoms with Crippen molar-refractivity contribution < 1.29 is 9.21 Å². The van der Waals surface area contributed by atoms with Gasteiger partial charge in [-0.05, 0) is 46.3 Å². The Morgan fingerprint density at radius 2 is 2.24 bits per heavy atom. The number of amides is 1. The van der Waals surface area contributed by atoms with Crippen molar-refractivity contribution in [1.29, 1.82) is 5.26 Å². The summed E-state index contributed by atoms with van der Waals surface area (Å²) in [6.07, 6.45) is 1.82. The maximum Gasteiger partial charge on any atom is 0.255 e. The van der Waals surface area contributed by atoms with Gasteiger partial charge in [-0.2, -0.15) is 5.26 Å². The van der Waals surface area contributed by atoms with E-state index in [-0.39, 0.29) is 12.3 Å². The SMILES string of the molecule is N#CCCN(Cc1ccco1)C(=O)c1ccc(Cl)cc1Br. The van der Waals surface area contributed by atoms with Crippen molar-refractivity contribution in [3.63, 3.8) is 0 Å². The molecule has 0 aliphatic rings. The van der Waals surface area contributed by atoms with Crippen LogP contribution in [0.2, 0.25) is 5.02 Å². The summed E-state index contributed by atoms with van der Waals surface area (Å²) >= 11 is 9.23. The first-order valence-electron chi connectivity index (χ1n) is 6.25. The summed E-state index contributed by atoms with van der Waals surface area (Å²) in [6, 6.07) is 10.6. The average Bonchev–Trinajstić information content (AvgIpc) is 2.95. The minimum absolute atomic E-state index is 0.176. The second-order valence-electron chi connectivity index (χ2n) is 4.34. The predicted molar refractivity (Wildman–Crippen MR) is 82.8 cm³/mol. The number of nitrogens with zero attached hydrogens (tertiary/aromatic N) is 2. The van der Waals surface area contributed by atoms with Crippen LogP contribution in [0.15, 0.2) is 45.5 Å². The number of carbonyl (C=O) groups excluding carboxylic acids is 1. The fourth-order valence-electron chi connectivity index (χ4n) is 1.86. The smallest absolute Gasteiger partial charge is 0.255 e. The standard InChI is InChI=1S/C15H12BrClN2O2/c16-14-9-11(17)4-5-13(14)15(20)19(7-2-6-18)10-12-3-1-8-21-12/h1,3-5,8-9H,2,7,10H2. The first kappa shape index (κ1) is 15.6. The molecule has 4 nitrogen and oxygen atoms in total. The van der Waals surface area contributed by atoms with Gasteiger partial charge in [-0.25, -0.2) is 0 Å². The Hall–Kier alpha value is -1.77. The second-order valence-corrected chi connectivity index (χ2v) is 5.63. The maximum atomic E-state index is 12.6. The third-order valence-electron chi connectivity index (χ3n) is 2.87. The quantitative estimate of drug-likeness (QED) is 0.793. The number of nitriles is 1. The van der Waals surface area contributed by atoms with Crippen molar-refractivity contribution >= 4 is 33.4 Å². The number of hydrogen-bond acceptors (Lipinski definition) is 3. The Morgan fingerprint density at radius 1 is 1.43 bits per heavy atom. The van der Waals surface area contributed by atoms with E-state index in [1.54, 1.807) is 41.5 Å². The van der Waals surface area contributed by atoms with Gasteiger partial charge in [0.15, 0.2) is 0 Å². The van der Waals surface area contributed by atoms with Crippen LogP contribution in [0.1, 0.15) is 22.5 Å². The van der Waals surface area contributed by atoms with Gasteiger partial charge >= 0.3 is 0 Å². The summed E-state index contributed by atoms with van der Waals surface area (Å²) in [5.41, 5.74) is 0.504. The predicted octanol–water partition coefficient (Wildman–Crippen LogP) is 4.25. The molecule has 1 amide bonds. The zero-order chi connectivity index (χ0) is 15.2. The van der Waals surface area contributed by atoms with Crippen LogP contribution in [-0.4, -0.2) is 17.4 Å². The van der Waals surface area contributed by atoms with Gasteiger partial charge in [0.05, 0.1) is 30.9 Å². The van der Waals surface area contributed by atoms with E-state index in [0.29, 0.717) is 33.9 Å².